The van der Waals surface area contributed by atoms with Crippen LogP contribution in [0.3, 0.4) is 0 Å². The number of hydrogen-bond acceptors (Lipinski definition) is 2. The van der Waals surface area contributed by atoms with Crippen molar-refractivity contribution in [3.05, 3.63) is 39.9 Å². The molecule has 0 saturated heterocycles. The molecule has 0 unspecified atom stereocenters. The molecule has 5 heteroatoms. The highest BCUT2D eigenvalue weighted by molar-refractivity contribution is 9.10. The first-order valence-corrected chi connectivity index (χ1v) is 8.38. The highest BCUT2D eigenvalue weighted by Crippen LogP contribution is 2.22. The molecule has 0 aliphatic heterocycles. The summed E-state index contributed by atoms with van der Waals surface area (Å²) < 4.78 is 5.49. The van der Waals surface area contributed by atoms with E-state index in [-0.39, 0.29) is 0 Å². The Kier molecular flexibility index (Phi) is 5.65. The van der Waals surface area contributed by atoms with E-state index in [2.05, 4.69) is 74.7 Å². The fourth-order valence-electron chi connectivity index (χ4n) is 2.43. The largest absolute Gasteiger partial charge is 0.344 e. The molecule has 0 saturated carbocycles. The van der Waals surface area contributed by atoms with E-state index in [1.807, 2.05) is 6.92 Å². The van der Waals surface area contributed by atoms with Crippen LogP contribution in [0.25, 0.3) is 0 Å². The van der Waals surface area contributed by atoms with Crippen LogP contribution in [0.4, 0.5) is 0 Å². The molecule has 0 aromatic carbocycles. The third-order valence-electron chi connectivity index (χ3n) is 3.56. The van der Waals surface area contributed by atoms with Gasteiger partial charge in [-0.25, -0.2) is 0 Å². The van der Waals surface area contributed by atoms with Gasteiger partial charge in [0.15, 0.2) is 0 Å². The molecule has 0 radical (unpaired) electrons. The summed E-state index contributed by atoms with van der Waals surface area (Å²) in [4.78, 5) is 0. The Morgan fingerprint density at radius 3 is 2.81 bits per heavy atom. The van der Waals surface area contributed by atoms with Gasteiger partial charge in [-0.05, 0) is 54.4 Å². The van der Waals surface area contributed by atoms with Gasteiger partial charge in [0.1, 0.15) is 0 Å². The number of nitrogens with one attached hydrogen (secondary N) is 1. The van der Waals surface area contributed by atoms with Gasteiger partial charge in [-0.3, -0.25) is 4.68 Å². The zero-order valence-electron chi connectivity index (χ0n) is 13.4. The maximum Gasteiger partial charge on any atom is 0.0739 e. The lowest BCUT2D eigenvalue weighted by Gasteiger charge is -2.13. The minimum absolute atomic E-state index is 0.673. The molecule has 0 amide bonds. The average molecular weight is 353 g/mol. The molecule has 2 rings (SSSR count). The maximum absolute atomic E-state index is 4.57. The summed E-state index contributed by atoms with van der Waals surface area (Å²) in [5.41, 5.74) is 3.60. The lowest BCUT2D eigenvalue weighted by molar-refractivity contribution is 0.533. The zero-order valence-corrected chi connectivity index (χ0v) is 14.9. The lowest BCUT2D eigenvalue weighted by Crippen LogP contribution is -2.21. The van der Waals surface area contributed by atoms with Crippen molar-refractivity contribution in [3.63, 3.8) is 0 Å². The first-order valence-electron chi connectivity index (χ1n) is 7.59. The summed E-state index contributed by atoms with van der Waals surface area (Å²) in [7, 11) is 0. The minimum atomic E-state index is 0.673. The first-order chi connectivity index (χ1) is 10.0. The van der Waals surface area contributed by atoms with Gasteiger partial charge in [0.05, 0.1) is 22.4 Å². The van der Waals surface area contributed by atoms with Crippen molar-refractivity contribution in [2.24, 2.45) is 5.92 Å². The second kappa shape index (κ2) is 7.27. The monoisotopic (exact) mass is 352 g/mol. The minimum Gasteiger partial charge on any atom is -0.344 e. The SMILES string of the molecule is CCn1nc(C)c(Br)c1Cn1cccc1CNCC(C)C. The topological polar surface area (TPSA) is 34.8 Å². The summed E-state index contributed by atoms with van der Waals surface area (Å²) in [5, 5.41) is 8.07. The van der Waals surface area contributed by atoms with Crippen LogP contribution in [0.5, 0.6) is 0 Å². The maximum atomic E-state index is 4.57. The summed E-state index contributed by atoms with van der Waals surface area (Å²) in [6.07, 6.45) is 2.14. The molecule has 0 spiro atoms. The third kappa shape index (κ3) is 3.98. The highest BCUT2D eigenvalue weighted by atomic mass is 79.9. The highest BCUT2D eigenvalue weighted by Gasteiger charge is 2.13. The van der Waals surface area contributed by atoms with E-state index in [1.165, 1.54) is 11.4 Å². The Hall–Kier alpha value is -1.07. The number of nitrogens with zero attached hydrogens (tertiary/aromatic N) is 3. The van der Waals surface area contributed by atoms with E-state index in [9.17, 15) is 0 Å². The van der Waals surface area contributed by atoms with Gasteiger partial charge in [-0.15, -0.1) is 0 Å². The van der Waals surface area contributed by atoms with Crippen molar-refractivity contribution in [2.45, 2.75) is 47.3 Å². The van der Waals surface area contributed by atoms with Crippen molar-refractivity contribution < 1.29 is 0 Å². The molecule has 0 fully saturated rings. The molecule has 2 heterocycles. The molecular weight excluding hydrogens is 328 g/mol. The Balaban J connectivity index is 2.12. The van der Waals surface area contributed by atoms with E-state index in [1.54, 1.807) is 0 Å². The van der Waals surface area contributed by atoms with Crippen LogP contribution in [0.1, 0.15) is 37.9 Å². The van der Waals surface area contributed by atoms with E-state index < -0.39 is 0 Å². The first kappa shape index (κ1) is 16.3. The molecule has 116 valence electrons. The molecule has 0 aliphatic rings. The Labute approximate surface area is 135 Å². The smallest absolute Gasteiger partial charge is 0.0739 e. The molecule has 2 aromatic rings. The molecular formula is C16H25BrN4. The number of halogens is 1. The standard InChI is InChI=1S/C16H25BrN4/c1-5-21-15(16(17)13(4)19-21)11-20-8-6-7-14(20)10-18-9-12(2)3/h6-8,12,18H,5,9-11H2,1-4H3. The van der Waals surface area contributed by atoms with Gasteiger partial charge in [0.2, 0.25) is 0 Å². The van der Waals surface area contributed by atoms with Crippen molar-refractivity contribution in [3.8, 4) is 0 Å². The van der Waals surface area contributed by atoms with Crippen LogP contribution in [0, 0.1) is 12.8 Å². The van der Waals surface area contributed by atoms with Crippen molar-refractivity contribution in [1.82, 2.24) is 19.7 Å². The van der Waals surface area contributed by atoms with E-state index >= 15 is 0 Å². The van der Waals surface area contributed by atoms with Gasteiger partial charge in [0.25, 0.3) is 0 Å². The van der Waals surface area contributed by atoms with Crippen molar-refractivity contribution >= 4 is 15.9 Å². The average Bonchev–Trinajstić information content (AvgIpc) is 2.98. The number of hydrogen-bond donors (Lipinski definition) is 1. The van der Waals surface area contributed by atoms with Crippen LogP contribution in [-0.2, 0) is 19.6 Å². The summed E-state index contributed by atoms with van der Waals surface area (Å²) in [5.74, 6) is 0.673. The van der Waals surface area contributed by atoms with Gasteiger partial charge < -0.3 is 9.88 Å². The zero-order chi connectivity index (χ0) is 15.4. The second-order valence-corrected chi connectivity index (χ2v) is 6.61. The summed E-state index contributed by atoms with van der Waals surface area (Å²) >= 11 is 3.67. The molecule has 0 bridgehead atoms. The van der Waals surface area contributed by atoms with Crippen LogP contribution >= 0.6 is 15.9 Å². The summed E-state index contributed by atoms with van der Waals surface area (Å²) in [6, 6.07) is 4.29. The van der Waals surface area contributed by atoms with Gasteiger partial charge in [-0.1, -0.05) is 13.8 Å². The quantitative estimate of drug-likeness (QED) is 0.826. The molecule has 1 N–H and O–H groups in total. The fourth-order valence-corrected chi connectivity index (χ4v) is 2.84. The number of aromatic nitrogens is 3. The van der Waals surface area contributed by atoms with Crippen LogP contribution in [0.15, 0.2) is 22.8 Å². The normalized spacial score (nSPS) is 11.5. The summed E-state index contributed by atoms with van der Waals surface area (Å²) in [6.45, 7) is 12.3. The van der Waals surface area contributed by atoms with Gasteiger partial charge in [-0.2, -0.15) is 5.10 Å². The molecule has 0 atom stereocenters. The molecule has 21 heavy (non-hydrogen) atoms. The van der Waals surface area contributed by atoms with Gasteiger partial charge in [0, 0.05) is 25.0 Å². The van der Waals surface area contributed by atoms with Crippen LogP contribution in [-0.4, -0.2) is 20.9 Å². The van der Waals surface area contributed by atoms with E-state index in [0.29, 0.717) is 5.92 Å². The predicted molar refractivity (Wildman–Crippen MR) is 90.4 cm³/mol. The predicted octanol–water partition coefficient (Wildman–Crippen LogP) is 3.57. The van der Waals surface area contributed by atoms with Crippen LogP contribution in [0.2, 0.25) is 0 Å². The molecule has 4 nitrogen and oxygen atoms in total. The number of rotatable bonds is 7. The second-order valence-electron chi connectivity index (χ2n) is 5.81. The Morgan fingerprint density at radius 2 is 2.14 bits per heavy atom. The van der Waals surface area contributed by atoms with E-state index in [0.717, 1.165) is 36.3 Å². The molecule has 2 aromatic heterocycles. The van der Waals surface area contributed by atoms with Gasteiger partial charge >= 0.3 is 0 Å². The fraction of sp³-hybridized carbons (Fsp3) is 0.562. The molecule has 0 aliphatic carbocycles. The Bertz CT molecular complexity index is 583. The lowest BCUT2D eigenvalue weighted by atomic mass is 10.2. The van der Waals surface area contributed by atoms with Crippen molar-refractivity contribution in [1.29, 1.82) is 0 Å². The van der Waals surface area contributed by atoms with Crippen molar-refractivity contribution in [2.75, 3.05) is 6.54 Å². The van der Waals surface area contributed by atoms with Crippen LogP contribution < -0.4 is 5.32 Å². The Morgan fingerprint density at radius 1 is 1.38 bits per heavy atom. The third-order valence-corrected chi connectivity index (χ3v) is 4.59. The van der Waals surface area contributed by atoms with E-state index in [4.69, 9.17) is 0 Å². The number of aryl methyl sites for hydroxylation is 2.